The van der Waals surface area contributed by atoms with Gasteiger partial charge in [0.2, 0.25) is 0 Å². The molecule has 4 rings (SSSR count). The van der Waals surface area contributed by atoms with Crippen LogP contribution in [0.15, 0.2) is 58.2 Å². The lowest BCUT2D eigenvalue weighted by Gasteiger charge is -2.28. The lowest BCUT2D eigenvalue weighted by Crippen LogP contribution is -2.47. The van der Waals surface area contributed by atoms with Crippen molar-refractivity contribution in [3.8, 4) is 0 Å². The van der Waals surface area contributed by atoms with E-state index in [1.807, 2.05) is 0 Å². The van der Waals surface area contributed by atoms with Crippen LogP contribution in [0.2, 0.25) is 0 Å². The SMILES string of the molecule is O=C(N[C@@H](CC1CCCCC1)C(=O)C1CCCN(S(=O)(=O)c2ccccn2)CC1=O)c1ccc(Br)cc1. The number of benzene rings is 1. The summed E-state index contributed by atoms with van der Waals surface area (Å²) >= 11 is 3.36. The number of amides is 1. The van der Waals surface area contributed by atoms with E-state index >= 15 is 0 Å². The summed E-state index contributed by atoms with van der Waals surface area (Å²) in [4.78, 5) is 44.0. The van der Waals surface area contributed by atoms with Gasteiger partial charge in [-0.3, -0.25) is 14.4 Å². The fourth-order valence-electron chi connectivity index (χ4n) is 5.22. The maximum absolute atomic E-state index is 13.8. The van der Waals surface area contributed by atoms with Crippen LogP contribution in [0.1, 0.15) is 61.7 Å². The number of aromatic nitrogens is 1. The van der Waals surface area contributed by atoms with Gasteiger partial charge in [-0.05, 0) is 61.6 Å². The average molecular weight is 591 g/mol. The monoisotopic (exact) mass is 589 g/mol. The van der Waals surface area contributed by atoms with E-state index in [4.69, 9.17) is 0 Å². The third kappa shape index (κ3) is 6.91. The van der Waals surface area contributed by atoms with Crippen LogP contribution in [0.4, 0.5) is 0 Å². The zero-order valence-corrected chi connectivity index (χ0v) is 23.0. The van der Waals surface area contributed by atoms with Gasteiger partial charge in [-0.1, -0.05) is 54.1 Å². The summed E-state index contributed by atoms with van der Waals surface area (Å²) in [6, 6.07) is 10.7. The van der Waals surface area contributed by atoms with E-state index in [1.165, 1.54) is 18.7 Å². The number of carbonyl (C=O) groups is 3. The summed E-state index contributed by atoms with van der Waals surface area (Å²) < 4.78 is 28.1. The molecule has 0 bridgehead atoms. The molecule has 2 heterocycles. The Bertz CT molecular complexity index is 1210. The van der Waals surface area contributed by atoms with Gasteiger partial charge in [0, 0.05) is 22.8 Å². The minimum atomic E-state index is -3.95. The smallest absolute Gasteiger partial charge is 0.260 e. The molecule has 198 valence electrons. The number of rotatable bonds is 8. The van der Waals surface area contributed by atoms with Gasteiger partial charge in [0.1, 0.15) is 0 Å². The first-order chi connectivity index (χ1) is 17.8. The molecule has 1 aromatic heterocycles. The molecular weight excluding hydrogens is 558 g/mol. The van der Waals surface area contributed by atoms with Gasteiger partial charge in [0.25, 0.3) is 15.9 Å². The van der Waals surface area contributed by atoms with E-state index < -0.39 is 27.8 Å². The van der Waals surface area contributed by atoms with E-state index in [-0.39, 0.29) is 36.2 Å². The second-order valence-electron chi connectivity index (χ2n) is 9.84. The third-order valence-corrected chi connectivity index (χ3v) is 9.55. The van der Waals surface area contributed by atoms with Crippen molar-refractivity contribution in [2.24, 2.45) is 11.8 Å². The number of sulfonamides is 1. The molecule has 1 unspecified atom stereocenters. The first-order valence-corrected chi connectivity index (χ1v) is 15.0. The summed E-state index contributed by atoms with van der Waals surface area (Å²) in [6.07, 6.45) is 7.83. The largest absolute Gasteiger partial charge is 0.342 e. The second-order valence-corrected chi connectivity index (χ2v) is 12.6. The Balaban J connectivity index is 1.51. The van der Waals surface area contributed by atoms with Crippen LogP contribution in [0.25, 0.3) is 0 Å². The van der Waals surface area contributed by atoms with Crippen molar-refractivity contribution >= 4 is 43.4 Å². The van der Waals surface area contributed by atoms with E-state index in [0.29, 0.717) is 24.3 Å². The van der Waals surface area contributed by atoms with Gasteiger partial charge in [-0.2, -0.15) is 4.31 Å². The van der Waals surface area contributed by atoms with Crippen LogP contribution in [0, 0.1) is 11.8 Å². The molecule has 2 atom stereocenters. The predicted molar refractivity (Wildman–Crippen MR) is 142 cm³/mol. The lowest BCUT2D eigenvalue weighted by atomic mass is 9.81. The zero-order chi connectivity index (χ0) is 26.4. The van der Waals surface area contributed by atoms with Crippen LogP contribution < -0.4 is 5.32 Å². The van der Waals surface area contributed by atoms with Crippen LogP contribution in [-0.4, -0.2) is 54.3 Å². The second kappa shape index (κ2) is 12.4. The molecule has 0 spiro atoms. The minimum absolute atomic E-state index is 0.121. The number of nitrogens with one attached hydrogen (secondary N) is 1. The molecule has 2 fully saturated rings. The lowest BCUT2D eigenvalue weighted by molar-refractivity contribution is -0.134. The molecule has 1 aliphatic carbocycles. The van der Waals surface area contributed by atoms with Crippen molar-refractivity contribution in [3.63, 3.8) is 0 Å². The third-order valence-electron chi connectivity index (χ3n) is 7.26. The zero-order valence-electron chi connectivity index (χ0n) is 20.6. The molecule has 8 nitrogen and oxygen atoms in total. The summed E-state index contributed by atoms with van der Waals surface area (Å²) in [7, 11) is -3.95. The highest BCUT2D eigenvalue weighted by Crippen LogP contribution is 2.30. The maximum atomic E-state index is 13.8. The van der Waals surface area contributed by atoms with E-state index in [9.17, 15) is 22.8 Å². The number of carbonyl (C=O) groups excluding carboxylic acids is 3. The molecule has 0 radical (unpaired) electrons. The summed E-state index contributed by atoms with van der Waals surface area (Å²) in [5.41, 5.74) is 0.435. The standard InChI is InChI=1S/C27H32BrN3O5S/c28-21-13-11-20(12-14-21)27(34)30-23(17-19-7-2-1-3-8-19)26(33)22-9-6-16-31(18-24(22)32)37(35,36)25-10-4-5-15-29-25/h4-5,10-15,19,22-23H,1-3,6-9,16-18H2,(H,30,34)/t22?,23-/m0/s1. The number of hydrogen-bond donors (Lipinski definition) is 1. The van der Waals surface area contributed by atoms with Crippen molar-refractivity contribution in [1.29, 1.82) is 0 Å². The fourth-order valence-corrected chi connectivity index (χ4v) is 6.86. The topological polar surface area (TPSA) is 114 Å². The molecule has 1 aliphatic heterocycles. The highest BCUT2D eigenvalue weighted by Gasteiger charge is 2.39. The number of ketones is 2. The van der Waals surface area contributed by atoms with Crippen LogP contribution in [-0.2, 0) is 19.6 Å². The van der Waals surface area contributed by atoms with Crippen molar-refractivity contribution in [1.82, 2.24) is 14.6 Å². The highest BCUT2D eigenvalue weighted by molar-refractivity contribution is 9.10. The Morgan fingerprint density at radius 1 is 1.03 bits per heavy atom. The molecule has 1 N–H and O–H groups in total. The maximum Gasteiger partial charge on any atom is 0.260 e. The van der Waals surface area contributed by atoms with Crippen molar-refractivity contribution in [3.05, 3.63) is 58.7 Å². The van der Waals surface area contributed by atoms with E-state index in [1.54, 1.807) is 36.4 Å². The molecule has 37 heavy (non-hydrogen) atoms. The van der Waals surface area contributed by atoms with Crippen molar-refractivity contribution in [2.75, 3.05) is 13.1 Å². The Hall–Kier alpha value is -2.43. The predicted octanol–water partition coefficient (Wildman–Crippen LogP) is 4.15. The molecule has 1 saturated heterocycles. The molecule has 1 amide bonds. The van der Waals surface area contributed by atoms with Gasteiger partial charge in [-0.25, -0.2) is 13.4 Å². The van der Waals surface area contributed by atoms with Crippen molar-refractivity contribution in [2.45, 2.75) is 62.4 Å². The van der Waals surface area contributed by atoms with Gasteiger partial charge >= 0.3 is 0 Å². The summed E-state index contributed by atoms with van der Waals surface area (Å²) in [6.45, 7) is -0.251. The number of hydrogen-bond acceptors (Lipinski definition) is 6. The fraction of sp³-hybridized carbons (Fsp3) is 0.481. The van der Waals surface area contributed by atoms with Gasteiger partial charge in [0.15, 0.2) is 16.6 Å². The number of halogens is 1. The van der Waals surface area contributed by atoms with Gasteiger partial charge in [0.05, 0.1) is 18.5 Å². The van der Waals surface area contributed by atoms with E-state index in [2.05, 4.69) is 26.2 Å². The van der Waals surface area contributed by atoms with Crippen LogP contribution >= 0.6 is 15.9 Å². The number of Topliss-reactive ketones (excluding diaryl/α,β-unsaturated/α-hetero) is 2. The molecular formula is C27H32BrN3O5S. The molecule has 1 aromatic carbocycles. The number of pyridine rings is 1. The molecule has 10 heteroatoms. The molecule has 2 aliphatic rings. The number of nitrogens with zero attached hydrogens (tertiary/aromatic N) is 2. The first-order valence-electron chi connectivity index (χ1n) is 12.8. The molecule has 2 aromatic rings. The Kier molecular flexibility index (Phi) is 9.26. The quantitative estimate of drug-likeness (QED) is 0.463. The Morgan fingerprint density at radius 3 is 2.43 bits per heavy atom. The van der Waals surface area contributed by atoms with Gasteiger partial charge in [-0.15, -0.1) is 0 Å². The molecule has 1 saturated carbocycles. The summed E-state index contributed by atoms with van der Waals surface area (Å²) in [5.74, 6) is -1.77. The first kappa shape index (κ1) is 27.6. The summed E-state index contributed by atoms with van der Waals surface area (Å²) in [5, 5.41) is 2.79. The Labute approximate surface area is 226 Å². The highest BCUT2D eigenvalue weighted by atomic mass is 79.9. The van der Waals surface area contributed by atoms with Crippen LogP contribution in [0.3, 0.4) is 0 Å². The Morgan fingerprint density at radius 2 is 1.76 bits per heavy atom. The van der Waals surface area contributed by atoms with Crippen molar-refractivity contribution < 1.29 is 22.8 Å². The van der Waals surface area contributed by atoms with Crippen LogP contribution in [0.5, 0.6) is 0 Å². The average Bonchev–Trinajstić information content (AvgIpc) is 3.11. The minimum Gasteiger partial charge on any atom is -0.342 e. The van der Waals surface area contributed by atoms with Gasteiger partial charge < -0.3 is 5.32 Å². The normalized spacial score (nSPS) is 20.7. The van der Waals surface area contributed by atoms with E-state index in [0.717, 1.165) is 34.5 Å².